The van der Waals surface area contributed by atoms with Crippen LogP contribution in [0.2, 0.25) is 0 Å². The zero-order valence-corrected chi connectivity index (χ0v) is 12.9. The van der Waals surface area contributed by atoms with Crippen molar-refractivity contribution in [1.29, 1.82) is 0 Å². The summed E-state index contributed by atoms with van der Waals surface area (Å²) in [6, 6.07) is 6.94. The third-order valence-corrected chi connectivity index (χ3v) is 4.72. The summed E-state index contributed by atoms with van der Waals surface area (Å²) in [6.45, 7) is 0.677. The molecule has 1 fully saturated rings. The van der Waals surface area contributed by atoms with Crippen LogP contribution in [0, 0.1) is 0 Å². The molecule has 2 rings (SSSR count). The summed E-state index contributed by atoms with van der Waals surface area (Å²) < 4.78 is 25.4. The molecule has 1 amide bonds. The van der Waals surface area contributed by atoms with Gasteiger partial charge in [0.05, 0.1) is 4.90 Å². The number of benzene rings is 1. The lowest BCUT2D eigenvalue weighted by Gasteiger charge is -2.08. The van der Waals surface area contributed by atoms with E-state index in [-0.39, 0.29) is 10.8 Å². The van der Waals surface area contributed by atoms with Gasteiger partial charge in [0.15, 0.2) is 0 Å². The van der Waals surface area contributed by atoms with Gasteiger partial charge in [-0.3, -0.25) is 4.79 Å². The number of anilines is 1. The van der Waals surface area contributed by atoms with Crippen LogP contribution in [0.15, 0.2) is 29.2 Å². The molecule has 0 atom stereocenters. The molecule has 3 N–H and O–H groups in total. The van der Waals surface area contributed by atoms with Crippen LogP contribution in [0.4, 0.5) is 5.69 Å². The molecular formula is C14H21N3O3S. The van der Waals surface area contributed by atoms with Gasteiger partial charge in [0.25, 0.3) is 0 Å². The van der Waals surface area contributed by atoms with E-state index >= 15 is 0 Å². The number of rotatable bonds is 8. The Morgan fingerprint density at radius 3 is 2.48 bits per heavy atom. The minimum atomic E-state index is -3.39. The second kappa shape index (κ2) is 6.91. The van der Waals surface area contributed by atoms with Crippen LogP contribution < -0.4 is 15.4 Å². The highest BCUT2D eigenvalue weighted by molar-refractivity contribution is 7.89. The first kappa shape index (κ1) is 15.8. The van der Waals surface area contributed by atoms with Crippen molar-refractivity contribution in [2.75, 3.05) is 18.9 Å². The van der Waals surface area contributed by atoms with E-state index < -0.39 is 10.0 Å². The molecule has 6 nitrogen and oxygen atoms in total. The van der Waals surface area contributed by atoms with Gasteiger partial charge in [-0.15, -0.1) is 0 Å². The predicted octanol–water partition coefficient (Wildman–Crippen LogP) is 1.07. The average Bonchev–Trinajstić information content (AvgIpc) is 3.28. The molecule has 116 valence electrons. The first-order valence-electron chi connectivity index (χ1n) is 7.08. The summed E-state index contributed by atoms with van der Waals surface area (Å²) >= 11 is 0. The number of hydrogen-bond donors (Lipinski definition) is 3. The van der Waals surface area contributed by atoms with Crippen LogP contribution >= 0.6 is 0 Å². The SMILES string of the molecule is CNS(=O)(=O)c1ccc(NCCCC(=O)NC2CC2)cc1. The number of nitrogens with one attached hydrogen (secondary N) is 3. The van der Waals surface area contributed by atoms with E-state index in [9.17, 15) is 13.2 Å². The number of carbonyl (C=O) groups excluding carboxylic acids is 1. The number of carbonyl (C=O) groups is 1. The fourth-order valence-electron chi connectivity index (χ4n) is 1.88. The molecule has 21 heavy (non-hydrogen) atoms. The van der Waals surface area contributed by atoms with Gasteiger partial charge in [0, 0.05) is 24.7 Å². The zero-order valence-electron chi connectivity index (χ0n) is 12.1. The Morgan fingerprint density at radius 1 is 1.24 bits per heavy atom. The van der Waals surface area contributed by atoms with Gasteiger partial charge in [-0.2, -0.15) is 0 Å². The van der Waals surface area contributed by atoms with Crippen molar-refractivity contribution in [3.05, 3.63) is 24.3 Å². The molecule has 1 aromatic rings. The molecule has 1 aromatic carbocycles. The highest BCUT2D eigenvalue weighted by Gasteiger charge is 2.22. The third kappa shape index (κ3) is 5.02. The lowest BCUT2D eigenvalue weighted by Crippen LogP contribution is -2.25. The summed E-state index contributed by atoms with van der Waals surface area (Å²) in [7, 11) is -2.00. The summed E-state index contributed by atoms with van der Waals surface area (Å²) in [5.41, 5.74) is 0.840. The summed E-state index contributed by atoms with van der Waals surface area (Å²) in [4.78, 5) is 11.7. The van der Waals surface area contributed by atoms with E-state index in [1.165, 1.54) is 7.05 Å². The molecule has 0 radical (unpaired) electrons. The molecule has 0 unspecified atom stereocenters. The molecule has 1 saturated carbocycles. The Kier molecular flexibility index (Phi) is 5.19. The highest BCUT2D eigenvalue weighted by atomic mass is 32.2. The summed E-state index contributed by atoms with van der Waals surface area (Å²) in [5, 5.41) is 6.11. The molecule has 0 saturated heterocycles. The Balaban J connectivity index is 1.72. The van der Waals surface area contributed by atoms with Gasteiger partial charge in [-0.05, 0) is 50.6 Å². The minimum absolute atomic E-state index is 0.106. The largest absolute Gasteiger partial charge is 0.385 e. The predicted molar refractivity (Wildman–Crippen MR) is 81.6 cm³/mol. The van der Waals surface area contributed by atoms with Crippen molar-refractivity contribution in [2.24, 2.45) is 0 Å². The second-order valence-corrected chi connectivity index (χ2v) is 6.99. The van der Waals surface area contributed by atoms with Gasteiger partial charge in [0.2, 0.25) is 15.9 Å². The fraction of sp³-hybridized carbons (Fsp3) is 0.500. The molecule has 0 heterocycles. The summed E-state index contributed by atoms with van der Waals surface area (Å²) in [6.07, 6.45) is 3.46. The third-order valence-electron chi connectivity index (χ3n) is 3.29. The van der Waals surface area contributed by atoms with Gasteiger partial charge in [-0.1, -0.05) is 0 Å². The monoisotopic (exact) mass is 311 g/mol. The Morgan fingerprint density at radius 2 is 1.90 bits per heavy atom. The van der Waals surface area contributed by atoms with Crippen LogP contribution in [-0.2, 0) is 14.8 Å². The van der Waals surface area contributed by atoms with Crippen molar-refractivity contribution in [3.63, 3.8) is 0 Å². The molecular weight excluding hydrogens is 290 g/mol. The Labute approximate surface area is 125 Å². The van der Waals surface area contributed by atoms with Gasteiger partial charge in [0.1, 0.15) is 0 Å². The lowest BCUT2D eigenvalue weighted by atomic mass is 10.2. The number of hydrogen-bond acceptors (Lipinski definition) is 4. The van der Waals surface area contributed by atoms with Gasteiger partial charge < -0.3 is 10.6 Å². The Hall–Kier alpha value is -1.60. The van der Waals surface area contributed by atoms with Crippen LogP contribution in [-0.4, -0.2) is 34.0 Å². The summed E-state index contributed by atoms with van der Waals surface area (Å²) in [5.74, 6) is 0.106. The minimum Gasteiger partial charge on any atom is -0.385 e. The van der Waals surface area contributed by atoms with Crippen molar-refractivity contribution < 1.29 is 13.2 Å². The number of amides is 1. The lowest BCUT2D eigenvalue weighted by molar-refractivity contribution is -0.121. The fourth-order valence-corrected chi connectivity index (χ4v) is 2.61. The van der Waals surface area contributed by atoms with E-state index in [0.29, 0.717) is 19.0 Å². The van der Waals surface area contributed by atoms with Crippen LogP contribution in [0.3, 0.4) is 0 Å². The second-order valence-electron chi connectivity index (χ2n) is 5.10. The maximum absolute atomic E-state index is 11.6. The molecule has 7 heteroatoms. The van der Waals surface area contributed by atoms with E-state index in [2.05, 4.69) is 15.4 Å². The average molecular weight is 311 g/mol. The normalized spacial score (nSPS) is 14.7. The molecule has 0 aliphatic heterocycles. The Bertz CT molecular complexity index is 580. The van der Waals surface area contributed by atoms with Gasteiger partial charge in [-0.25, -0.2) is 13.1 Å². The van der Waals surface area contributed by atoms with Crippen LogP contribution in [0.1, 0.15) is 25.7 Å². The maximum atomic E-state index is 11.6. The van der Waals surface area contributed by atoms with Gasteiger partial charge >= 0.3 is 0 Å². The zero-order chi connectivity index (χ0) is 15.3. The molecule has 0 aromatic heterocycles. The standard InChI is InChI=1S/C14H21N3O3S/c1-15-21(19,20)13-8-6-11(7-9-13)16-10-2-3-14(18)17-12-4-5-12/h6-9,12,15-16H,2-5,10H2,1H3,(H,17,18). The van der Waals surface area contributed by atoms with Crippen molar-refractivity contribution in [2.45, 2.75) is 36.6 Å². The van der Waals surface area contributed by atoms with Crippen molar-refractivity contribution >= 4 is 21.6 Å². The van der Waals surface area contributed by atoms with E-state index in [1.807, 2.05) is 0 Å². The number of sulfonamides is 1. The molecule has 0 spiro atoms. The quantitative estimate of drug-likeness (QED) is 0.627. The molecule has 1 aliphatic carbocycles. The van der Waals surface area contributed by atoms with E-state index in [1.54, 1.807) is 24.3 Å². The molecule has 1 aliphatic rings. The molecule has 0 bridgehead atoms. The maximum Gasteiger partial charge on any atom is 0.240 e. The first-order valence-corrected chi connectivity index (χ1v) is 8.56. The van der Waals surface area contributed by atoms with E-state index in [0.717, 1.165) is 24.9 Å². The van der Waals surface area contributed by atoms with Crippen molar-refractivity contribution in [1.82, 2.24) is 10.0 Å². The van der Waals surface area contributed by atoms with Crippen LogP contribution in [0.25, 0.3) is 0 Å². The highest BCUT2D eigenvalue weighted by Crippen LogP contribution is 2.18. The van der Waals surface area contributed by atoms with E-state index in [4.69, 9.17) is 0 Å². The van der Waals surface area contributed by atoms with Crippen LogP contribution in [0.5, 0.6) is 0 Å². The smallest absolute Gasteiger partial charge is 0.240 e. The van der Waals surface area contributed by atoms with Crippen molar-refractivity contribution in [3.8, 4) is 0 Å². The first-order chi connectivity index (χ1) is 10.0. The topological polar surface area (TPSA) is 87.3 Å².